The van der Waals surface area contributed by atoms with E-state index < -0.39 is 43.8 Å². The molecule has 0 radical (unpaired) electrons. The maximum atomic E-state index is 12.5. The topological polar surface area (TPSA) is 126 Å². The quantitative estimate of drug-likeness (QED) is 0.586. The largest absolute Gasteiger partial charge is 0.573 e. The van der Waals surface area contributed by atoms with E-state index in [0.717, 1.165) is 18.3 Å². The smallest absolute Gasteiger partial charge is 0.444 e. The van der Waals surface area contributed by atoms with E-state index in [2.05, 4.69) is 14.4 Å². The summed E-state index contributed by atoms with van der Waals surface area (Å²) < 4.78 is 74.8. The molecule has 0 saturated heterocycles. The molecule has 0 aliphatic carbocycles. The third kappa shape index (κ3) is 4.28. The maximum Gasteiger partial charge on any atom is 0.573 e. The second-order valence-corrected chi connectivity index (χ2v) is 7.10. The third-order valence-corrected chi connectivity index (χ3v) is 4.99. The molecule has 0 spiro atoms. The predicted molar refractivity (Wildman–Crippen MR) is 81.6 cm³/mol. The van der Waals surface area contributed by atoms with Gasteiger partial charge in [-0.3, -0.25) is 4.57 Å². The first kappa shape index (κ1) is 18.9. The summed E-state index contributed by atoms with van der Waals surface area (Å²) in [6.07, 6.45) is -4.00. The zero-order chi connectivity index (χ0) is 19.8. The van der Waals surface area contributed by atoms with Crippen LogP contribution in [0.3, 0.4) is 0 Å². The lowest BCUT2D eigenvalue weighted by Crippen LogP contribution is -2.44. The summed E-state index contributed by atoms with van der Waals surface area (Å²) in [5.41, 5.74) is 0. The van der Waals surface area contributed by atoms with E-state index in [9.17, 15) is 31.7 Å². The molecule has 3 rings (SSSR count). The zero-order valence-electron chi connectivity index (χ0n) is 13.2. The second-order valence-electron chi connectivity index (χ2n) is 5.41. The number of imidazole rings is 1. The van der Waals surface area contributed by atoms with E-state index in [1.54, 1.807) is 0 Å². The fraction of sp³-hybridized carbons (Fsp3) is 0.308. The summed E-state index contributed by atoms with van der Waals surface area (Å²) >= 11 is 0. The highest BCUT2D eigenvalue weighted by atomic mass is 32.2. The molecule has 0 amide bonds. The number of nitro groups is 1. The van der Waals surface area contributed by atoms with Crippen molar-refractivity contribution < 1.29 is 36.0 Å². The number of ether oxygens (including phenoxy) is 2. The molecule has 14 heteroatoms. The summed E-state index contributed by atoms with van der Waals surface area (Å²) in [5.74, 6) is -1.36. The van der Waals surface area contributed by atoms with Crippen molar-refractivity contribution in [1.29, 1.82) is 0 Å². The van der Waals surface area contributed by atoms with Gasteiger partial charge in [0.1, 0.15) is 23.4 Å². The predicted octanol–water partition coefficient (Wildman–Crippen LogP) is 1.43. The van der Waals surface area contributed by atoms with E-state index in [1.807, 2.05) is 0 Å². The van der Waals surface area contributed by atoms with E-state index in [4.69, 9.17) is 4.74 Å². The number of rotatable bonds is 5. The van der Waals surface area contributed by atoms with Crippen molar-refractivity contribution in [3.05, 3.63) is 40.6 Å². The normalized spacial score (nSPS) is 17.1. The molecule has 1 N–H and O–H groups in total. The lowest BCUT2D eigenvalue weighted by atomic mass is 10.3. The maximum absolute atomic E-state index is 12.5. The van der Waals surface area contributed by atoms with Gasteiger partial charge in [0.15, 0.2) is 0 Å². The number of hydrogen-bond donors (Lipinski definition) is 1. The monoisotopic (exact) mass is 408 g/mol. The van der Waals surface area contributed by atoms with Crippen molar-refractivity contribution in [2.24, 2.45) is 0 Å². The minimum Gasteiger partial charge on any atom is -0.444 e. The standard InChI is InChI=1S/C13H11F3N4O6S/c14-13(15,16)26-9-3-1-2-4-10(9)27(23,24)18-8-5-19-6-11(20(21)22)17-12(19)25-7-8/h1-4,6,8,18H,5,7H2/t8-/m0/s1. The Labute approximate surface area is 149 Å². The summed E-state index contributed by atoms with van der Waals surface area (Å²) in [6, 6.07) is 3.32. The van der Waals surface area contributed by atoms with E-state index >= 15 is 0 Å². The molecule has 0 unspecified atom stereocenters. The van der Waals surface area contributed by atoms with Gasteiger partial charge >= 0.3 is 18.2 Å². The first-order valence-electron chi connectivity index (χ1n) is 7.26. The first-order chi connectivity index (χ1) is 12.5. The number of nitrogens with one attached hydrogen (secondary N) is 1. The highest BCUT2D eigenvalue weighted by Gasteiger charge is 2.35. The summed E-state index contributed by atoms with van der Waals surface area (Å²) in [4.78, 5) is 12.9. The Hall–Kier alpha value is -2.87. The second kappa shape index (κ2) is 6.70. The zero-order valence-corrected chi connectivity index (χ0v) is 14.0. The van der Waals surface area contributed by atoms with Crippen molar-refractivity contribution in [3.63, 3.8) is 0 Å². The van der Waals surface area contributed by atoms with Gasteiger partial charge in [-0.05, 0) is 17.1 Å². The average Bonchev–Trinajstić information content (AvgIpc) is 2.97. The highest BCUT2D eigenvalue weighted by molar-refractivity contribution is 7.89. The van der Waals surface area contributed by atoms with E-state index in [-0.39, 0.29) is 19.2 Å². The van der Waals surface area contributed by atoms with Crippen LogP contribution >= 0.6 is 0 Å². The molecule has 0 saturated carbocycles. The van der Waals surface area contributed by atoms with Gasteiger partial charge in [-0.2, -0.15) is 0 Å². The van der Waals surface area contributed by atoms with Gasteiger partial charge in [-0.15, -0.1) is 13.2 Å². The number of hydrogen-bond acceptors (Lipinski definition) is 7. The molecule has 2 heterocycles. The van der Waals surface area contributed by atoms with Crippen molar-refractivity contribution in [1.82, 2.24) is 14.3 Å². The van der Waals surface area contributed by atoms with Gasteiger partial charge in [-0.25, -0.2) is 13.1 Å². The number of alkyl halides is 3. The summed E-state index contributed by atoms with van der Waals surface area (Å²) in [6.45, 7) is -0.270. The summed E-state index contributed by atoms with van der Waals surface area (Å²) in [5, 5.41) is 10.7. The van der Waals surface area contributed by atoms with Crippen LogP contribution in [-0.2, 0) is 16.6 Å². The van der Waals surface area contributed by atoms with E-state index in [1.165, 1.54) is 16.7 Å². The van der Waals surface area contributed by atoms with Gasteiger partial charge in [0.2, 0.25) is 10.0 Å². The summed E-state index contributed by atoms with van der Waals surface area (Å²) in [7, 11) is -4.40. The fourth-order valence-corrected chi connectivity index (χ4v) is 3.76. The number of fused-ring (bicyclic) bond motifs is 1. The van der Waals surface area contributed by atoms with Crippen LogP contribution in [0.5, 0.6) is 11.8 Å². The molecule has 146 valence electrons. The molecule has 1 atom stereocenters. The first-order valence-corrected chi connectivity index (χ1v) is 8.75. The van der Waals surface area contributed by atoms with Crippen LogP contribution in [0.25, 0.3) is 0 Å². The Morgan fingerprint density at radius 1 is 1.37 bits per heavy atom. The Morgan fingerprint density at radius 2 is 2.07 bits per heavy atom. The molecule has 1 aromatic heterocycles. The minimum absolute atomic E-state index is 0.0575. The van der Waals surface area contributed by atoms with Crippen molar-refractivity contribution in [3.8, 4) is 11.8 Å². The fourth-order valence-electron chi connectivity index (χ4n) is 2.42. The number of aromatic nitrogens is 2. The molecule has 1 aromatic carbocycles. The Morgan fingerprint density at radius 3 is 2.74 bits per heavy atom. The molecule has 10 nitrogen and oxygen atoms in total. The number of nitrogens with zero attached hydrogens (tertiary/aromatic N) is 3. The number of sulfonamides is 1. The number of halogens is 3. The van der Waals surface area contributed by atoms with Gasteiger partial charge in [0.05, 0.1) is 6.04 Å². The van der Waals surface area contributed by atoms with Crippen LogP contribution in [0.15, 0.2) is 35.4 Å². The Kier molecular flexibility index (Phi) is 4.69. The van der Waals surface area contributed by atoms with Crippen molar-refractivity contribution >= 4 is 15.8 Å². The number of benzene rings is 1. The molecular weight excluding hydrogens is 397 g/mol. The van der Waals surface area contributed by atoms with Gasteiger partial charge < -0.3 is 19.6 Å². The molecule has 1 aliphatic rings. The van der Waals surface area contributed by atoms with Crippen LogP contribution in [0.2, 0.25) is 0 Å². The van der Waals surface area contributed by atoms with Crippen LogP contribution in [0.4, 0.5) is 19.0 Å². The minimum atomic E-state index is -5.07. The molecule has 1 aliphatic heterocycles. The molecular formula is C13H11F3N4O6S. The van der Waals surface area contributed by atoms with Crippen LogP contribution in [-0.4, -0.2) is 41.9 Å². The van der Waals surface area contributed by atoms with Crippen LogP contribution < -0.4 is 14.2 Å². The highest BCUT2D eigenvalue weighted by Crippen LogP contribution is 2.30. The lowest BCUT2D eigenvalue weighted by molar-refractivity contribution is -0.389. The van der Waals surface area contributed by atoms with Crippen LogP contribution in [0.1, 0.15) is 0 Å². The molecule has 27 heavy (non-hydrogen) atoms. The van der Waals surface area contributed by atoms with Crippen LogP contribution in [0, 0.1) is 10.1 Å². The molecule has 0 bridgehead atoms. The lowest BCUT2D eigenvalue weighted by Gasteiger charge is -2.23. The van der Waals surface area contributed by atoms with Gasteiger partial charge in [0.25, 0.3) is 0 Å². The van der Waals surface area contributed by atoms with Gasteiger partial charge in [0, 0.05) is 11.5 Å². The average molecular weight is 408 g/mol. The third-order valence-electron chi connectivity index (χ3n) is 3.43. The Balaban J connectivity index is 1.80. The SMILES string of the molecule is O=[N+]([O-])c1cn2c(n1)OC[C@@H](NS(=O)(=O)c1ccccc1OC(F)(F)F)C2. The number of para-hydroxylation sites is 1. The van der Waals surface area contributed by atoms with Gasteiger partial charge in [-0.1, -0.05) is 12.1 Å². The Bertz CT molecular complexity index is 975. The van der Waals surface area contributed by atoms with E-state index in [0.29, 0.717) is 0 Å². The molecule has 2 aromatic rings. The van der Waals surface area contributed by atoms with Crippen molar-refractivity contribution in [2.45, 2.75) is 23.8 Å². The van der Waals surface area contributed by atoms with Crippen molar-refractivity contribution in [2.75, 3.05) is 6.61 Å². The molecule has 0 fully saturated rings.